The zero-order valence-corrected chi connectivity index (χ0v) is 7.03. The molecule has 2 heteroatoms. The summed E-state index contributed by atoms with van der Waals surface area (Å²) in [5.74, 6) is 1.96. The summed E-state index contributed by atoms with van der Waals surface area (Å²) in [6.07, 6.45) is 5.90. The molecular weight excluding hydrogens is 162 g/mol. The van der Waals surface area contributed by atoms with E-state index in [1.165, 1.54) is 5.56 Å². The summed E-state index contributed by atoms with van der Waals surface area (Å²) in [6, 6.07) is 8.33. The largest absolute Gasteiger partial charge is 0.459 e. The lowest BCUT2D eigenvalue weighted by Gasteiger charge is -2.13. The van der Waals surface area contributed by atoms with Gasteiger partial charge in [0.25, 0.3) is 0 Å². The summed E-state index contributed by atoms with van der Waals surface area (Å²) in [6.45, 7) is 0. The van der Waals surface area contributed by atoms with Crippen molar-refractivity contribution in [1.29, 1.82) is 0 Å². The number of dihydropyridines is 1. The minimum absolute atomic E-state index is 0.223. The van der Waals surface area contributed by atoms with Crippen LogP contribution >= 0.6 is 0 Å². The van der Waals surface area contributed by atoms with Crippen molar-refractivity contribution < 1.29 is 4.74 Å². The van der Waals surface area contributed by atoms with Gasteiger partial charge in [-0.05, 0) is 24.4 Å². The van der Waals surface area contributed by atoms with Crippen molar-refractivity contribution in [2.24, 2.45) is 0 Å². The van der Waals surface area contributed by atoms with E-state index in [0.29, 0.717) is 0 Å². The van der Waals surface area contributed by atoms with Crippen molar-refractivity contribution in [2.75, 3.05) is 0 Å². The van der Waals surface area contributed by atoms with Gasteiger partial charge >= 0.3 is 0 Å². The molecule has 2 aliphatic heterocycles. The molecule has 0 bridgehead atoms. The smallest absolute Gasteiger partial charge is 0.132 e. The van der Waals surface area contributed by atoms with Crippen LogP contribution in [0.15, 0.2) is 48.4 Å². The van der Waals surface area contributed by atoms with Crippen LogP contribution in [-0.4, -0.2) is 0 Å². The fourth-order valence-electron chi connectivity index (χ4n) is 1.75. The zero-order valence-electron chi connectivity index (χ0n) is 7.03. The second-order valence-electron chi connectivity index (χ2n) is 3.17. The summed E-state index contributed by atoms with van der Waals surface area (Å²) in [5.41, 5.74) is 1.22. The maximum Gasteiger partial charge on any atom is 0.132 e. The van der Waals surface area contributed by atoms with Crippen LogP contribution in [-0.2, 0) is 0 Å². The minimum Gasteiger partial charge on any atom is -0.459 e. The van der Waals surface area contributed by atoms with Crippen molar-refractivity contribution in [3.63, 3.8) is 0 Å². The summed E-state index contributed by atoms with van der Waals surface area (Å²) >= 11 is 0. The van der Waals surface area contributed by atoms with Gasteiger partial charge in [0.1, 0.15) is 17.6 Å². The van der Waals surface area contributed by atoms with E-state index in [1.54, 1.807) is 0 Å². The Morgan fingerprint density at radius 2 is 2.15 bits per heavy atom. The van der Waals surface area contributed by atoms with E-state index in [9.17, 15) is 0 Å². The third kappa shape index (κ3) is 0.886. The van der Waals surface area contributed by atoms with Crippen molar-refractivity contribution in [3.8, 4) is 5.75 Å². The van der Waals surface area contributed by atoms with E-state index in [0.717, 1.165) is 11.5 Å². The number of hydrogen-bond donors (Lipinski definition) is 1. The SMILES string of the molecule is C1=CNC2C(=C1)Oc1ccccc12. The highest BCUT2D eigenvalue weighted by Gasteiger charge is 2.28. The van der Waals surface area contributed by atoms with E-state index in [1.807, 2.05) is 36.6 Å². The number of para-hydroxylation sites is 1. The van der Waals surface area contributed by atoms with Crippen molar-refractivity contribution in [2.45, 2.75) is 6.04 Å². The second kappa shape index (κ2) is 2.39. The fourth-order valence-corrected chi connectivity index (χ4v) is 1.75. The van der Waals surface area contributed by atoms with Gasteiger partial charge in [0.05, 0.1) is 0 Å². The van der Waals surface area contributed by atoms with Crippen LogP contribution in [0.4, 0.5) is 0 Å². The second-order valence-corrected chi connectivity index (χ2v) is 3.17. The average Bonchev–Trinajstić information content (AvgIpc) is 2.56. The Bertz CT molecular complexity index is 406. The van der Waals surface area contributed by atoms with Crippen LogP contribution in [0.3, 0.4) is 0 Å². The average molecular weight is 171 g/mol. The quantitative estimate of drug-likeness (QED) is 0.645. The lowest BCUT2D eigenvalue weighted by atomic mass is 10.1. The molecule has 0 radical (unpaired) electrons. The highest BCUT2D eigenvalue weighted by Crippen LogP contribution is 2.39. The van der Waals surface area contributed by atoms with Gasteiger partial charge in [-0.25, -0.2) is 0 Å². The molecule has 0 amide bonds. The lowest BCUT2D eigenvalue weighted by molar-refractivity contribution is 0.415. The van der Waals surface area contributed by atoms with E-state index >= 15 is 0 Å². The number of nitrogens with one attached hydrogen (secondary N) is 1. The number of hydrogen-bond acceptors (Lipinski definition) is 2. The molecule has 0 saturated heterocycles. The number of ether oxygens (including phenoxy) is 1. The first-order valence-electron chi connectivity index (χ1n) is 4.35. The van der Waals surface area contributed by atoms with Gasteiger partial charge in [-0.3, -0.25) is 0 Å². The maximum atomic E-state index is 5.66. The Morgan fingerprint density at radius 3 is 3.15 bits per heavy atom. The molecule has 0 fully saturated rings. The topological polar surface area (TPSA) is 21.3 Å². The van der Waals surface area contributed by atoms with Crippen LogP contribution in [0.5, 0.6) is 5.75 Å². The molecule has 1 N–H and O–H groups in total. The van der Waals surface area contributed by atoms with Crippen molar-refractivity contribution in [1.82, 2.24) is 5.32 Å². The molecule has 1 unspecified atom stereocenters. The molecule has 0 aromatic heterocycles. The molecule has 2 aliphatic rings. The van der Waals surface area contributed by atoms with Crippen LogP contribution in [0, 0.1) is 0 Å². The van der Waals surface area contributed by atoms with E-state index in [-0.39, 0.29) is 6.04 Å². The molecular formula is C11H9NO. The predicted octanol–water partition coefficient (Wildman–Crippen LogP) is 2.12. The van der Waals surface area contributed by atoms with Crippen molar-refractivity contribution in [3.05, 3.63) is 53.9 Å². The van der Waals surface area contributed by atoms with Crippen LogP contribution < -0.4 is 10.1 Å². The summed E-state index contributed by atoms with van der Waals surface area (Å²) in [4.78, 5) is 0. The van der Waals surface area contributed by atoms with E-state index in [4.69, 9.17) is 4.74 Å². The first-order chi connectivity index (χ1) is 6.45. The molecule has 64 valence electrons. The molecule has 0 aliphatic carbocycles. The number of benzene rings is 1. The predicted molar refractivity (Wildman–Crippen MR) is 50.2 cm³/mol. The van der Waals surface area contributed by atoms with Gasteiger partial charge in [-0.15, -0.1) is 0 Å². The Morgan fingerprint density at radius 1 is 1.23 bits per heavy atom. The Kier molecular flexibility index (Phi) is 1.25. The Balaban J connectivity index is 2.14. The molecule has 2 nitrogen and oxygen atoms in total. The maximum absolute atomic E-state index is 5.66. The molecule has 13 heavy (non-hydrogen) atoms. The first-order valence-corrected chi connectivity index (χ1v) is 4.35. The number of allylic oxidation sites excluding steroid dienone is 2. The minimum atomic E-state index is 0.223. The fraction of sp³-hybridized carbons (Fsp3) is 0.0909. The van der Waals surface area contributed by atoms with E-state index < -0.39 is 0 Å². The molecule has 0 saturated carbocycles. The van der Waals surface area contributed by atoms with E-state index in [2.05, 4.69) is 11.4 Å². The molecule has 1 aromatic carbocycles. The molecule has 1 atom stereocenters. The van der Waals surface area contributed by atoms with Crippen LogP contribution in [0.2, 0.25) is 0 Å². The normalized spacial score (nSPS) is 22.5. The third-order valence-electron chi connectivity index (χ3n) is 2.36. The first kappa shape index (κ1) is 6.78. The monoisotopic (exact) mass is 171 g/mol. The number of rotatable bonds is 0. The van der Waals surface area contributed by atoms with Gasteiger partial charge in [-0.1, -0.05) is 18.2 Å². The summed E-state index contributed by atoms with van der Waals surface area (Å²) in [7, 11) is 0. The number of fused-ring (bicyclic) bond motifs is 3. The summed E-state index contributed by atoms with van der Waals surface area (Å²) in [5, 5.41) is 3.26. The summed E-state index contributed by atoms with van der Waals surface area (Å²) < 4.78 is 5.66. The Hall–Kier alpha value is -1.70. The third-order valence-corrected chi connectivity index (χ3v) is 2.36. The van der Waals surface area contributed by atoms with Gasteiger partial charge in [0, 0.05) is 5.56 Å². The Labute approximate surface area is 76.5 Å². The standard InChI is InChI=1S/C11H9NO/c1-2-5-9-8(4-1)11-10(13-9)6-3-7-12-11/h1-7,11-12H. The van der Waals surface area contributed by atoms with Crippen LogP contribution in [0.1, 0.15) is 11.6 Å². The highest BCUT2D eigenvalue weighted by atomic mass is 16.5. The molecule has 2 heterocycles. The molecule has 3 rings (SSSR count). The molecule has 0 spiro atoms. The van der Waals surface area contributed by atoms with Gasteiger partial charge in [0.15, 0.2) is 0 Å². The molecule has 1 aromatic rings. The lowest BCUT2D eigenvalue weighted by Crippen LogP contribution is -2.17. The highest BCUT2D eigenvalue weighted by molar-refractivity contribution is 5.47. The van der Waals surface area contributed by atoms with Gasteiger partial charge in [-0.2, -0.15) is 0 Å². The van der Waals surface area contributed by atoms with Crippen molar-refractivity contribution >= 4 is 0 Å². The van der Waals surface area contributed by atoms with Gasteiger partial charge in [0.2, 0.25) is 0 Å². The zero-order chi connectivity index (χ0) is 8.67. The van der Waals surface area contributed by atoms with Crippen LogP contribution in [0.25, 0.3) is 0 Å². The van der Waals surface area contributed by atoms with Gasteiger partial charge < -0.3 is 10.1 Å².